The van der Waals surface area contributed by atoms with Gasteiger partial charge in [-0.15, -0.1) is 11.3 Å². The second kappa shape index (κ2) is 9.77. The minimum absolute atomic E-state index is 0.117. The summed E-state index contributed by atoms with van der Waals surface area (Å²) in [4.78, 5) is 23.7. The number of hydrogen-bond acceptors (Lipinski definition) is 5. The third-order valence-corrected chi connectivity index (χ3v) is 6.64. The predicted molar refractivity (Wildman–Crippen MR) is 132 cm³/mol. The van der Waals surface area contributed by atoms with E-state index in [2.05, 4.69) is 35.0 Å². The topological polar surface area (TPSA) is 69.2 Å². The van der Waals surface area contributed by atoms with Crippen molar-refractivity contribution in [2.24, 2.45) is 5.92 Å². The van der Waals surface area contributed by atoms with E-state index in [0.29, 0.717) is 30.8 Å². The van der Waals surface area contributed by atoms with Crippen molar-refractivity contribution in [3.8, 4) is 11.1 Å². The number of aromatic nitrogens is 2. The van der Waals surface area contributed by atoms with Gasteiger partial charge in [0.1, 0.15) is 10.7 Å². The van der Waals surface area contributed by atoms with Gasteiger partial charge in [0.05, 0.1) is 18.0 Å². The third kappa shape index (κ3) is 4.99. The maximum Gasteiger partial charge on any atom is 0.260 e. The molecule has 166 valence electrons. The van der Waals surface area contributed by atoms with Crippen molar-refractivity contribution in [2.45, 2.75) is 40.0 Å². The standard InChI is InChI=1S/C26H29N3O2S/c1-17(2)22(30)14-29(13-19-10-5-4-6-11-19)15-23-27-25(31)24-21(16-32-26(24)28-23)20-12-8-7-9-18(20)3/h4-12,16-17,22,30H,13-15H2,1-3H3,(H,27,28,31)/t22-/m0/s1. The van der Waals surface area contributed by atoms with Crippen molar-refractivity contribution >= 4 is 21.6 Å². The fourth-order valence-electron chi connectivity index (χ4n) is 3.86. The molecular formula is C26H29N3O2S. The lowest BCUT2D eigenvalue weighted by molar-refractivity contribution is 0.0689. The summed E-state index contributed by atoms with van der Waals surface area (Å²) in [5.41, 5.74) is 4.16. The molecule has 5 nitrogen and oxygen atoms in total. The molecule has 0 saturated heterocycles. The average Bonchev–Trinajstić information content (AvgIpc) is 3.19. The quantitative estimate of drug-likeness (QED) is 0.400. The molecule has 0 aliphatic carbocycles. The van der Waals surface area contributed by atoms with E-state index in [1.807, 2.05) is 55.6 Å². The lowest BCUT2D eigenvalue weighted by atomic mass is 10.0. The zero-order valence-corrected chi connectivity index (χ0v) is 19.5. The smallest absolute Gasteiger partial charge is 0.260 e. The Hall–Kier alpha value is -2.80. The molecule has 2 heterocycles. The van der Waals surface area contributed by atoms with E-state index in [0.717, 1.165) is 27.1 Å². The predicted octanol–water partition coefficient (Wildman–Crippen LogP) is 4.98. The number of hydrogen-bond donors (Lipinski definition) is 2. The van der Waals surface area contributed by atoms with Crippen LogP contribution < -0.4 is 5.56 Å². The molecule has 1 atom stereocenters. The summed E-state index contributed by atoms with van der Waals surface area (Å²) in [7, 11) is 0. The van der Waals surface area contributed by atoms with Crippen molar-refractivity contribution < 1.29 is 5.11 Å². The van der Waals surface area contributed by atoms with Crippen LogP contribution in [0.1, 0.15) is 30.8 Å². The summed E-state index contributed by atoms with van der Waals surface area (Å²) < 4.78 is 0. The Bertz CT molecular complexity index is 1250. The summed E-state index contributed by atoms with van der Waals surface area (Å²) in [5, 5.41) is 13.2. The Morgan fingerprint density at radius 3 is 2.47 bits per heavy atom. The molecule has 0 radical (unpaired) electrons. The van der Waals surface area contributed by atoms with E-state index < -0.39 is 6.10 Å². The number of aliphatic hydroxyl groups excluding tert-OH is 1. The number of H-pyrrole nitrogens is 1. The molecule has 0 fully saturated rings. The largest absolute Gasteiger partial charge is 0.392 e. The monoisotopic (exact) mass is 447 g/mol. The summed E-state index contributed by atoms with van der Waals surface area (Å²) in [6, 6.07) is 18.2. The number of aromatic amines is 1. The first-order valence-corrected chi connectivity index (χ1v) is 11.8. The summed E-state index contributed by atoms with van der Waals surface area (Å²) in [6.07, 6.45) is -0.455. The molecule has 0 saturated carbocycles. The van der Waals surface area contributed by atoms with Crippen LogP contribution >= 0.6 is 11.3 Å². The summed E-state index contributed by atoms with van der Waals surface area (Å²) in [6.45, 7) is 7.71. The molecule has 0 aliphatic rings. The Morgan fingerprint density at radius 2 is 1.75 bits per heavy atom. The van der Waals surface area contributed by atoms with Gasteiger partial charge in [-0.05, 0) is 29.5 Å². The normalized spacial score (nSPS) is 12.7. The van der Waals surface area contributed by atoms with Gasteiger partial charge in [0, 0.05) is 24.0 Å². The Balaban J connectivity index is 1.65. The van der Waals surface area contributed by atoms with Crippen molar-refractivity contribution in [1.29, 1.82) is 0 Å². The van der Waals surface area contributed by atoms with Crippen LogP contribution in [0.3, 0.4) is 0 Å². The molecule has 0 bridgehead atoms. The third-order valence-electron chi connectivity index (χ3n) is 5.77. The highest BCUT2D eigenvalue weighted by molar-refractivity contribution is 7.17. The van der Waals surface area contributed by atoms with Crippen LogP contribution in [-0.2, 0) is 13.1 Å². The lowest BCUT2D eigenvalue weighted by Crippen LogP contribution is -2.35. The zero-order valence-electron chi connectivity index (χ0n) is 18.7. The molecule has 0 aliphatic heterocycles. The van der Waals surface area contributed by atoms with E-state index in [1.54, 1.807) is 0 Å². The summed E-state index contributed by atoms with van der Waals surface area (Å²) in [5.74, 6) is 0.768. The van der Waals surface area contributed by atoms with Gasteiger partial charge in [-0.1, -0.05) is 68.4 Å². The van der Waals surface area contributed by atoms with Crippen LogP contribution in [0.2, 0.25) is 0 Å². The van der Waals surface area contributed by atoms with E-state index in [-0.39, 0.29) is 11.5 Å². The molecule has 0 spiro atoms. The molecule has 0 unspecified atom stereocenters. The Kier molecular flexibility index (Phi) is 6.84. The van der Waals surface area contributed by atoms with E-state index in [4.69, 9.17) is 4.98 Å². The average molecular weight is 448 g/mol. The number of aryl methyl sites for hydroxylation is 1. The maximum atomic E-state index is 13.1. The van der Waals surface area contributed by atoms with Crippen molar-refractivity contribution in [2.75, 3.05) is 6.54 Å². The molecule has 32 heavy (non-hydrogen) atoms. The number of aliphatic hydroxyl groups is 1. The Morgan fingerprint density at radius 1 is 1.03 bits per heavy atom. The highest BCUT2D eigenvalue weighted by Crippen LogP contribution is 2.32. The molecule has 6 heteroatoms. The van der Waals surface area contributed by atoms with Gasteiger partial charge >= 0.3 is 0 Å². The first-order chi connectivity index (χ1) is 15.4. The number of thiophene rings is 1. The molecule has 2 N–H and O–H groups in total. The minimum atomic E-state index is -0.455. The number of nitrogens with one attached hydrogen (secondary N) is 1. The van der Waals surface area contributed by atoms with Crippen molar-refractivity contribution in [1.82, 2.24) is 14.9 Å². The van der Waals surface area contributed by atoms with Gasteiger partial charge in [0.15, 0.2) is 0 Å². The SMILES string of the molecule is Cc1ccccc1-c1csc2nc(CN(Cc3ccccc3)C[C@H](O)C(C)C)[nH]c(=O)c12. The van der Waals surface area contributed by atoms with Gasteiger partial charge < -0.3 is 10.1 Å². The van der Waals surface area contributed by atoms with Gasteiger partial charge in [-0.25, -0.2) is 4.98 Å². The van der Waals surface area contributed by atoms with Crippen LogP contribution in [0.4, 0.5) is 0 Å². The lowest BCUT2D eigenvalue weighted by Gasteiger charge is -2.26. The maximum absolute atomic E-state index is 13.1. The molecule has 2 aromatic carbocycles. The first-order valence-electron chi connectivity index (χ1n) is 10.9. The van der Waals surface area contributed by atoms with E-state index in [9.17, 15) is 9.90 Å². The van der Waals surface area contributed by atoms with Crippen LogP contribution in [-0.4, -0.2) is 32.6 Å². The Labute approximate surface area is 192 Å². The van der Waals surface area contributed by atoms with Gasteiger partial charge in [-0.3, -0.25) is 9.69 Å². The number of fused-ring (bicyclic) bond motifs is 1. The highest BCUT2D eigenvalue weighted by atomic mass is 32.1. The van der Waals surface area contributed by atoms with Crippen LogP contribution in [0.25, 0.3) is 21.3 Å². The fraction of sp³-hybridized carbons (Fsp3) is 0.308. The molecule has 4 aromatic rings. The van der Waals surface area contributed by atoms with Gasteiger partial charge in [0.2, 0.25) is 0 Å². The molecule has 4 rings (SSSR count). The second-order valence-electron chi connectivity index (χ2n) is 8.62. The first kappa shape index (κ1) is 22.4. The number of rotatable bonds is 8. The minimum Gasteiger partial charge on any atom is -0.392 e. The number of benzene rings is 2. The van der Waals surface area contributed by atoms with Crippen molar-refractivity contribution in [3.05, 3.63) is 87.3 Å². The van der Waals surface area contributed by atoms with E-state index >= 15 is 0 Å². The summed E-state index contributed by atoms with van der Waals surface area (Å²) >= 11 is 1.50. The van der Waals surface area contributed by atoms with Crippen molar-refractivity contribution in [3.63, 3.8) is 0 Å². The fourth-order valence-corrected chi connectivity index (χ4v) is 4.81. The van der Waals surface area contributed by atoms with Gasteiger partial charge in [0.25, 0.3) is 5.56 Å². The van der Waals surface area contributed by atoms with E-state index in [1.165, 1.54) is 11.3 Å². The molecule has 0 amide bonds. The highest BCUT2D eigenvalue weighted by Gasteiger charge is 2.19. The van der Waals surface area contributed by atoms with Crippen LogP contribution in [0.15, 0.2) is 64.8 Å². The molecular weight excluding hydrogens is 418 g/mol. The molecule has 2 aromatic heterocycles. The number of nitrogens with zero attached hydrogens (tertiary/aromatic N) is 2. The van der Waals surface area contributed by atoms with Gasteiger partial charge in [-0.2, -0.15) is 0 Å². The van der Waals surface area contributed by atoms with Crippen LogP contribution in [0.5, 0.6) is 0 Å². The zero-order chi connectivity index (χ0) is 22.7. The second-order valence-corrected chi connectivity index (χ2v) is 9.48. The van der Waals surface area contributed by atoms with Crippen LogP contribution in [0, 0.1) is 12.8 Å².